The van der Waals surface area contributed by atoms with Crippen LogP contribution in [0.5, 0.6) is 0 Å². The summed E-state index contributed by atoms with van der Waals surface area (Å²) in [6.07, 6.45) is 12.6. The van der Waals surface area contributed by atoms with Crippen molar-refractivity contribution >= 4 is 5.97 Å². The zero-order valence-electron chi connectivity index (χ0n) is 14.3. The van der Waals surface area contributed by atoms with Crippen LogP contribution in [0.15, 0.2) is 11.8 Å². The fourth-order valence-corrected chi connectivity index (χ4v) is 2.88. The standard InChI is InChI=1S/C18H33NO2/c1-15(14-17(20)21-18(2,3)4)19-13-9-8-12-16-10-6-5-7-11-16/h14,16,19H,5-13H2,1-4H3/b15-14-. The van der Waals surface area contributed by atoms with Gasteiger partial charge in [-0.3, -0.25) is 0 Å². The quantitative estimate of drug-likeness (QED) is 0.425. The second kappa shape index (κ2) is 9.11. The van der Waals surface area contributed by atoms with E-state index in [1.165, 1.54) is 51.4 Å². The summed E-state index contributed by atoms with van der Waals surface area (Å²) in [5.74, 6) is 0.701. The van der Waals surface area contributed by atoms with Crippen LogP contribution < -0.4 is 5.32 Å². The van der Waals surface area contributed by atoms with Gasteiger partial charge in [0.05, 0.1) is 0 Å². The van der Waals surface area contributed by atoms with Gasteiger partial charge >= 0.3 is 5.97 Å². The van der Waals surface area contributed by atoms with E-state index in [2.05, 4.69) is 5.32 Å². The SMILES string of the molecule is C/C(=C/C(=O)OC(C)(C)C)NCCCCC1CCCCC1. The smallest absolute Gasteiger partial charge is 0.333 e. The van der Waals surface area contributed by atoms with Crippen LogP contribution >= 0.6 is 0 Å². The molecule has 0 heterocycles. The molecule has 0 radical (unpaired) electrons. The van der Waals surface area contributed by atoms with Crippen molar-refractivity contribution in [2.45, 2.75) is 84.7 Å². The molecule has 0 atom stereocenters. The second-order valence-corrected chi connectivity index (χ2v) is 7.29. The summed E-state index contributed by atoms with van der Waals surface area (Å²) in [5, 5.41) is 3.30. The number of carbonyl (C=O) groups is 1. The molecule has 3 nitrogen and oxygen atoms in total. The Balaban J connectivity index is 2.09. The fourth-order valence-electron chi connectivity index (χ4n) is 2.88. The van der Waals surface area contributed by atoms with Gasteiger partial charge in [-0.05, 0) is 40.0 Å². The van der Waals surface area contributed by atoms with E-state index in [1.54, 1.807) is 6.08 Å². The number of rotatable bonds is 7. The van der Waals surface area contributed by atoms with Crippen molar-refractivity contribution in [1.82, 2.24) is 5.32 Å². The summed E-state index contributed by atoms with van der Waals surface area (Å²) < 4.78 is 5.26. The summed E-state index contributed by atoms with van der Waals surface area (Å²) >= 11 is 0. The Labute approximate surface area is 130 Å². The Kier molecular flexibility index (Phi) is 7.84. The van der Waals surface area contributed by atoms with Crippen molar-refractivity contribution < 1.29 is 9.53 Å². The highest BCUT2D eigenvalue weighted by atomic mass is 16.6. The van der Waals surface area contributed by atoms with Crippen molar-refractivity contribution in [3.8, 4) is 0 Å². The summed E-state index contributed by atoms with van der Waals surface area (Å²) in [6, 6.07) is 0. The molecule has 1 rings (SSSR count). The van der Waals surface area contributed by atoms with Crippen LogP contribution in [0.2, 0.25) is 0 Å². The van der Waals surface area contributed by atoms with Crippen molar-refractivity contribution in [3.05, 3.63) is 11.8 Å². The molecule has 3 heteroatoms. The van der Waals surface area contributed by atoms with Crippen molar-refractivity contribution in [2.75, 3.05) is 6.54 Å². The highest BCUT2D eigenvalue weighted by molar-refractivity contribution is 5.82. The third-order valence-electron chi connectivity index (χ3n) is 3.91. The topological polar surface area (TPSA) is 38.3 Å². The Hall–Kier alpha value is -0.990. The van der Waals surface area contributed by atoms with Crippen molar-refractivity contribution in [1.29, 1.82) is 0 Å². The number of allylic oxidation sites excluding steroid dienone is 1. The van der Waals surface area contributed by atoms with E-state index in [4.69, 9.17) is 4.74 Å². The number of carbonyl (C=O) groups excluding carboxylic acids is 1. The Morgan fingerprint density at radius 3 is 2.48 bits per heavy atom. The predicted octanol–water partition coefficient (Wildman–Crippen LogP) is 4.57. The van der Waals surface area contributed by atoms with E-state index < -0.39 is 5.60 Å². The van der Waals surface area contributed by atoms with Gasteiger partial charge in [-0.2, -0.15) is 0 Å². The third-order valence-corrected chi connectivity index (χ3v) is 3.91. The Bertz CT molecular complexity index is 336. The number of unbranched alkanes of at least 4 members (excludes halogenated alkanes) is 1. The van der Waals surface area contributed by atoms with Crippen LogP contribution in [0.4, 0.5) is 0 Å². The first kappa shape index (κ1) is 18.1. The van der Waals surface area contributed by atoms with Gasteiger partial charge in [0.2, 0.25) is 0 Å². The van der Waals surface area contributed by atoms with Gasteiger partial charge < -0.3 is 10.1 Å². The average molecular weight is 295 g/mol. The molecule has 0 aliphatic heterocycles. The van der Waals surface area contributed by atoms with E-state index in [0.717, 1.165) is 18.2 Å². The minimum absolute atomic E-state index is 0.269. The van der Waals surface area contributed by atoms with Crippen LogP contribution in [0.3, 0.4) is 0 Å². The van der Waals surface area contributed by atoms with Gasteiger partial charge in [0.25, 0.3) is 0 Å². The molecule has 0 aromatic carbocycles. The fraction of sp³-hybridized carbons (Fsp3) is 0.833. The van der Waals surface area contributed by atoms with Crippen molar-refractivity contribution in [2.24, 2.45) is 5.92 Å². The Morgan fingerprint density at radius 2 is 1.86 bits per heavy atom. The zero-order valence-corrected chi connectivity index (χ0v) is 14.3. The number of esters is 1. The molecule has 0 amide bonds. The van der Waals surface area contributed by atoms with Crippen LogP contribution in [-0.2, 0) is 9.53 Å². The van der Waals surface area contributed by atoms with Gasteiger partial charge in [-0.1, -0.05) is 44.9 Å². The molecule has 1 fully saturated rings. The first-order valence-electron chi connectivity index (χ1n) is 8.52. The lowest BCUT2D eigenvalue weighted by Gasteiger charge is -2.21. The highest BCUT2D eigenvalue weighted by Crippen LogP contribution is 2.27. The highest BCUT2D eigenvalue weighted by Gasteiger charge is 2.14. The first-order chi connectivity index (χ1) is 9.87. The van der Waals surface area contributed by atoms with Crippen LogP contribution in [-0.4, -0.2) is 18.1 Å². The minimum Gasteiger partial charge on any atom is -0.457 e. The lowest BCUT2D eigenvalue weighted by Crippen LogP contribution is -2.23. The number of nitrogens with one attached hydrogen (secondary N) is 1. The molecule has 0 aromatic heterocycles. The van der Waals surface area contributed by atoms with Crippen LogP contribution in [0, 0.1) is 5.92 Å². The van der Waals surface area contributed by atoms with Gasteiger partial charge in [-0.15, -0.1) is 0 Å². The molecule has 1 saturated carbocycles. The summed E-state index contributed by atoms with van der Waals surface area (Å²) in [7, 11) is 0. The van der Waals surface area contributed by atoms with Crippen LogP contribution in [0.25, 0.3) is 0 Å². The number of ether oxygens (including phenoxy) is 1. The summed E-state index contributed by atoms with van der Waals surface area (Å²) in [6.45, 7) is 8.51. The van der Waals surface area contributed by atoms with E-state index in [0.29, 0.717) is 0 Å². The van der Waals surface area contributed by atoms with Gasteiger partial charge in [0.15, 0.2) is 0 Å². The van der Waals surface area contributed by atoms with E-state index in [9.17, 15) is 4.79 Å². The molecule has 0 aromatic rings. The average Bonchev–Trinajstić information content (AvgIpc) is 2.37. The molecular weight excluding hydrogens is 262 g/mol. The maximum atomic E-state index is 11.6. The lowest BCUT2D eigenvalue weighted by atomic mass is 9.86. The molecule has 0 saturated heterocycles. The van der Waals surface area contributed by atoms with Crippen molar-refractivity contribution in [3.63, 3.8) is 0 Å². The summed E-state index contributed by atoms with van der Waals surface area (Å²) in [5.41, 5.74) is 0.468. The monoisotopic (exact) mass is 295 g/mol. The largest absolute Gasteiger partial charge is 0.457 e. The molecule has 1 N–H and O–H groups in total. The number of hydrogen-bond donors (Lipinski definition) is 1. The van der Waals surface area contributed by atoms with Gasteiger partial charge in [0, 0.05) is 18.3 Å². The zero-order chi connectivity index (χ0) is 15.7. The predicted molar refractivity (Wildman–Crippen MR) is 88.0 cm³/mol. The first-order valence-corrected chi connectivity index (χ1v) is 8.52. The summed E-state index contributed by atoms with van der Waals surface area (Å²) in [4.78, 5) is 11.6. The molecule has 1 aliphatic carbocycles. The molecule has 1 aliphatic rings. The second-order valence-electron chi connectivity index (χ2n) is 7.29. The van der Waals surface area contributed by atoms with Gasteiger partial charge in [0.1, 0.15) is 5.60 Å². The molecule has 122 valence electrons. The molecular formula is C18H33NO2. The minimum atomic E-state index is -0.423. The molecule has 21 heavy (non-hydrogen) atoms. The molecule has 0 bridgehead atoms. The van der Waals surface area contributed by atoms with E-state index in [1.807, 2.05) is 27.7 Å². The lowest BCUT2D eigenvalue weighted by molar-refractivity contribution is -0.148. The number of hydrogen-bond acceptors (Lipinski definition) is 3. The maximum absolute atomic E-state index is 11.6. The van der Waals surface area contributed by atoms with Gasteiger partial charge in [-0.25, -0.2) is 4.79 Å². The van der Waals surface area contributed by atoms with E-state index >= 15 is 0 Å². The van der Waals surface area contributed by atoms with Crippen LogP contribution in [0.1, 0.15) is 79.1 Å². The third kappa shape index (κ3) is 9.54. The normalized spacial score (nSPS) is 17.6. The Morgan fingerprint density at radius 1 is 1.19 bits per heavy atom. The van der Waals surface area contributed by atoms with E-state index in [-0.39, 0.29) is 5.97 Å². The molecule has 0 spiro atoms. The maximum Gasteiger partial charge on any atom is 0.333 e. The molecule has 0 unspecified atom stereocenters.